The number of rotatable bonds is 6. The number of hydrogen-bond donors (Lipinski definition) is 2. The first-order valence-electron chi connectivity index (χ1n) is 6.98. The van der Waals surface area contributed by atoms with E-state index in [-0.39, 0.29) is 11.9 Å². The maximum atomic E-state index is 12.2. The number of pyridine rings is 1. The molecule has 106 valence electrons. The Morgan fingerprint density at radius 3 is 2.53 bits per heavy atom. The molecule has 0 bridgehead atoms. The van der Waals surface area contributed by atoms with Crippen molar-refractivity contribution in [2.45, 2.75) is 52.5 Å². The summed E-state index contributed by atoms with van der Waals surface area (Å²) in [6.45, 7) is 8.29. The second-order valence-electron chi connectivity index (χ2n) is 5.23. The summed E-state index contributed by atoms with van der Waals surface area (Å²) in [5, 5.41) is 6.02. The van der Waals surface area contributed by atoms with Gasteiger partial charge in [-0.1, -0.05) is 27.2 Å². The first-order chi connectivity index (χ1) is 8.97. The van der Waals surface area contributed by atoms with Gasteiger partial charge in [0.2, 0.25) is 0 Å². The molecule has 0 aliphatic carbocycles. The minimum Gasteiger partial charge on any atom is -0.373 e. The smallest absolute Gasteiger partial charge is 0.251 e. The molecule has 0 saturated carbocycles. The lowest BCUT2D eigenvalue weighted by atomic mass is 10.1. The van der Waals surface area contributed by atoms with Crippen molar-refractivity contribution in [2.24, 2.45) is 0 Å². The van der Waals surface area contributed by atoms with E-state index in [4.69, 9.17) is 0 Å². The summed E-state index contributed by atoms with van der Waals surface area (Å²) in [4.78, 5) is 16.7. The molecule has 2 N–H and O–H groups in total. The summed E-state index contributed by atoms with van der Waals surface area (Å²) < 4.78 is 0. The predicted octanol–water partition coefficient (Wildman–Crippen LogP) is 3.17. The van der Waals surface area contributed by atoms with E-state index < -0.39 is 0 Å². The van der Waals surface area contributed by atoms with Gasteiger partial charge in [-0.3, -0.25) is 4.79 Å². The van der Waals surface area contributed by atoms with Gasteiger partial charge in [0, 0.05) is 24.3 Å². The molecule has 1 amide bonds. The molecule has 1 atom stereocenters. The van der Waals surface area contributed by atoms with E-state index in [1.807, 2.05) is 20.0 Å². The van der Waals surface area contributed by atoms with Crippen LogP contribution in [-0.4, -0.2) is 24.0 Å². The van der Waals surface area contributed by atoms with E-state index in [2.05, 4.69) is 36.4 Å². The third-order valence-corrected chi connectivity index (χ3v) is 3.05. The van der Waals surface area contributed by atoms with Crippen LogP contribution in [0.25, 0.3) is 0 Å². The summed E-state index contributed by atoms with van der Waals surface area (Å²) in [5.74, 6) is 1.01. The van der Waals surface area contributed by atoms with Crippen LogP contribution in [0.2, 0.25) is 0 Å². The van der Waals surface area contributed by atoms with Crippen molar-refractivity contribution in [2.75, 3.05) is 12.4 Å². The van der Waals surface area contributed by atoms with Gasteiger partial charge in [-0.05, 0) is 31.4 Å². The second kappa shape index (κ2) is 7.12. The van der Waals surface area contributed by atoms with Crippen LogP contribution in [0.3, 0.4) is 0 Å². The van der Waals surface area contributed by atoms with Crippen molar-refractivity contribution in [1.29, 1.82) is 0 Å². The Kier molecular flexibility index (Phi) is 5.80. The molecule has 1 rings (SSSR count). The summed E-state index contributed by atoms with van der Waals surface area (Å²) in [6, 6.07) is 3.87. The van der Waals surface area contributed by atoms with Crippen LogP contribution in [0.15, 0.2) is 12.1 Å². The molecule has 19 heavy (non-hydrogen) atoms. The van der Waals surface area contributed by atoms with Crippen LogP contribution in [0, 0.1) is 0 Å². The zero-order valence-corrected chi connectivity index (χ0v) is 12.6. The molecule has 4 heteroatoms. The van der Waals surface area contributed by atoms with Gasteiger partial charge in [0.15, 0.2) is 0 Å². The lowest BCUT2D eigenvalue weighted by Crippen LogP contribution is -2.32. The normalized spacial score (nSPS) is 12.3. The third kappa shape index (κ3) is 4.54. The molecular formula is C15H25N3O. The number of nitrogens with one attached hydrogen (secondary N) is 2. The fraction of sp³-hybridized carbons (Fsp3) is 0.600. The molecule has 0 aromatic carbocycles. The highest BCUT2D eigenvalue weighted by Crippen LogP contribution is 2.17. The van der Waals surface area contributed by atoms with Gasteiger partial charge in [-0.2, -0.15) is 0 Å². The molecule has 1 unspecified atom stereocenters. The molecule has 0 radical (unpaired) electrons. The standard InChI is InChI=1S/C15H25N3O/c1-6-7-11(4)17-15(19)12-8-13(10(2)3)18-14(9-12)16-5/h8-11H,6-7H2,1-5H3,(H,16,18)(H,17,19). The van der Waals surface area contributed by atoms with E-state index in [1.54, 1.807) is 6.07 Å². The predicted molar refractivity (Wildman–Crippen MR) is 79.7 cm³/mol. The quantitative estimate of drug-likeness (QED) is 0.829. The van der Waals surface area contributed by atoms with Crippen molar-refractivity contribution in [3.05, 3.63) is 23.4 Å². The fourth-order valence-electron chi connectivity index (χ4n) is 1.92. The number of amides is 1. The van der Waals surface area contributed by atoms with Gasteiger partial charge in [0.05, 0.1) is 0 Å². The van der Waals surface area contributed by atoms with Gasteiger partial charge >= 0.3 is 0 Å². The molecule has 0 saturated heterocycles. The third-order valence-electron chi connectivity index (χ3n) is 3.05. The minimum absolute atomic E-state index is 0.0262. The van der Waals surface area contributed by atoms with Crippen LogP contribution < -0.4 is 10.6 Å². The summed E-state index contributed by atoms with van der Waals surface area (Å²) in [6.07, 6.45) is 2.06. The van der Waals surface area contributed by atoms with Crippen LogP contribution in [0.5, 0.6) is 0 Å². The van der Waals surface area contributed by atoms with Crippen molar-refractivity contribution in [3.63, 3.8) is 0 Å². The summed E-state index contributed by atoms with van der Waals surface area (Å²) in [7, 11) is 1.81. The zero-order valence-electron chi connectivity index (χ0n) is 12.6. The van der Waals surface area contributed by atoms with E-state index in [0.29, 0.717) is 11.5 Å². The minimum atomic E-state index is -0.0262. The monoisotopic (exact) mass is 263 g/mol. The van der Waals surface area contributed by atoms with Gasteiger partial charge in [-0.15, -0.1) is 0 Å². The second-order valence-corrected chi connectivity index (χ2v) is 5.23. The maximum absolute atomic E-state index is 12.2. The molecule has 1 aromatic rings. The Morgan fingerprint density at radius 2 is 2.00 bits per heavy atom. The molecule has 0 spiro atoms. The molecule has 0 aliphatic heterocycles. The molecule has 1 aromatic heterocycles. The number of hydrogen-bond acceptors (Lipinski definition) is 3. The number of carbonyl (C=O) groups is 1. The van der Waals surface area contributed by atoms with Gasteiger partial charge < -0.3 is 10.6 Å². The van der Waals surface area contributed by atoms with Crippen LogP contribution in [0.4, 0.5) is 5.82 Å². The highest BCUT2D eigenvalue weighted by Gasteiger charge is 2.13. The highest BCUT2D eigenvalue weighted by atomic mass is 16.1. The van der Waals surface area contributed by atoms with E-state index in [0.717, 1.165) is 24.4 Å². The summed E-state index contributed by atoms with van der Waals surface area (Å²) in [5.41, 5.74) is 1.60. The first-order valence-corrected chi connectivity index (χ1v) is 6.98. The van der Waals surface area contributed by atoms with Crippen LogP contribution in [-0.2, 0) is 0 Å². The average Bonchev–Trinajstić information content (AvgIpc) is 2.38. The fourth-order valence-corrected chi connectivity index (χ4v) is 1.92. The molecule has 0 aliphatic rings. The average molecular weight is 263 g/mol. The van der Waals surface area contributed by atoms with E-state index in [9.17, 15) is 4.79 Å². The van der Waals surface area contributed by atoms with E-state index in [1.165, 1.54) is 0 Å². The molecule has 1 heterocycles. The van der Waals surface area contributed by atoms with Crippen LogP contribution in [0.1, 0.15) is 62.5 Å². The number of anilines is 1. The number of aromatic nitrogens is 1. The summed E-state index contributed by atoms with van der Waals surface area (Å²) >= 11 is 0. The highest BCUT2D eigenvalue weighted by molar-refractivity contribution is 5.95. The largest absolute Gasteiger partial charge is 0.373 e. The Bertz CT molecular complexity index is 429. The lowest BCUT2D eigenvalue weighted by Gasteiger charge is -2.15. The van der Waals surface area contributed by atoms with E-state index >= 15 is 0 Å². The van der Waals surface area contributed by atoms with Crippen molar-refractivity contribution in [3.8, 4) is 0 Å². The number of carbonyl (C=O) groups excluding carboxylic acids is 1. The molecule has 4 nitrogen and oxygen atoms in total. The van der Waals surface area contributed by atoms with Crippen LogP contribution >= 0.6 is 0 Å². The SMILES string of the molecule is CCCC(C)NC(=O)c1cc(NC)nc(C(C)C)c1. The first kappa shape index (κ1) is 15.5. The lowest BCUT2D eigenvalue weighted by molar-refractivity contribution is 0.0938. The Hall–Kier alpha value is -1.58. The molecule has 0 fully saturated rings. The topological polar surface area (TPSA) is 54.0 Å². The van der Waals surface area contributed by atoms with Gasteiger partial charge in [0.25, 0.3) is 5.91 Å². The van der Waals surface area contributed by atoms with Gasteiger partial charge in [-0.25, -0.2) is 4.98 Å². The Morgan fingerprint density at radius 1 is 1.32 bits per heavy atom. The van der Waals surface area contributed by atoms with Crippen molar-refractivity contribution >= 4 is 11.7 Å². The van der Waals surface area contributed by atoms with Gasteiger partial charge in [0.1, 0.15) is 5.82 Å². The Labute approximate surface area is 116 Å². The number of nitrogens with zero attached hydrogens (tertiary/aromatic N) is 1. The van der Waals surface area contributed by atoms with Crippen molar-refractivity contribution < 1.29 is 4.79 Å². The maximum Gasteiger partial charge on any atom is 0.251 e. The zero-order chi connectivity index (χ0) is 14.4. The van der Waals surface area contributed by atoms with Crippen molar-refractivity contribution in [1.82, 2.24) is 10.3 Å². The molecular weight excluding hydrogens is 238 g/mol. The Balaban J connectivity index is 2.92.